The number of rotatable bonds is 3. The number of hydrogen-bond acceptors (Lipinski definition) is 3. The Balaban J connectivity index is 1.68. The number of aromatic amines is 1. The van der Waals surface area contributed by atoms with Crippen molar-refractivity contribution in [3.63, 3.8) is 0 Å². The van der Waals surface area contributed by atoms with Crippen molar-refractivity contribution in [2.45, 2.75) is 50.8 Å². The minimum Gasteiger partial charge on any atom is -0.390 e. The summed E-state index contributed by atoms with van der Waals surface area (Å²) in [6.07, 6.45) is 2.33. The fourth-order valence-corrected chi connectivity index (χ4v) is 3.68. The van der Waals surface area contributed by atoms with Gasteiger partial charge in [0.05, 0.1) is 5.60 Å². The molecule has 1 amide bonds. The Hall–Kier alpha value is -1.56. The number of aliphatic hydroxyl groups is 1. The third kappa shape index (κ3) is 3.58. The normalized spacial score (nSPS) is 25.0. The molecule has 24 heavy (non-hydrogen) atoms. The van der Waals surface area contributed by atoms with Gasteiger partial charge in [0.15, 0.2) is 0 Å². The summed E-state index contributed by atoms with van der Waals surface area (Å²) < 4.78 is 0. The van der Waals surface area contributed by atoms with Crippen LogP contribution in [0, 0.1) is 5.92 Å². The largest absolute Gasteiger partial charge is 0.390 e. The van der Waals surface area contributed by atoms with Crippen LogP contribution < -0.4 is 11.1 Å². The van der Waals surface area contributed by atoms with Crippen LogP contribution in [-0.4, -0.2) is 33.7 Å². The average molecular weight is 350 g/mol. The maximum atomic E-state index is 12.5. The number of aromatic nitrogens is 1. The van der Waals surface area contributed by atoms with E-state index in [-0.39, 0.29) is 23.9 Å². The average Bonchev–Trinajstić information content (AvgIpc) is 2.91. The number of carbonyl (C=O) groups excluding carboxylic acids is 1. The molecule has 1 aliphatic carbocycles. The van der Waals surface area contributed by atoms with Crippen molar-refractivity contribution < 1.29 is 9.90 Å². The van der Waals surface area contributed by atoms with Crippen molar-refractivity contribution in [2.75, 3.05) is 0 Å². The number of halogens is 1. The summed E-state index contributed by atoms with van der Waals surface area (Å²) in [5.41, 5.74) is 6.88. The molecule has 0 aliphatic heterocycles. The summed E-state index contributed by atoms with van der Waals surface area (Å²) >= 11 is 5.98. The summed E-state index contributed by atoms with van der Waals surface area (Å²) in [5, 5.41) is 14.7. The van der Waals surface area contributed by atoms with Crippen molar-refractivity contribution >= 4 is 28.4 Å². The smallest absolute Gasteiger partial charge is 0.268 e. The minimum atomic E-state index is -0.733. The van der Waals surface area contributed by atoms with E-state index in [0.29, 0.717) is 17.1 Å². The van der Waals surface area contributed by atoms with Crippen LogP contribution in [0.2, 0.25) is 5.02 Å². The maximum absolute atomic E-state index is 12.5. The van der Waals surface area contributed by atoms with Crippen molar-refractivity contribution in [1.29, 1.82) is 0 Å². The molecule has 5 N–H and O–H groups in total. The third-order valence-electron chi connectivity index (χ3n) is 5.04. The summed E-state index contributed by atoms with van der Waals surface area (Å²) in [6.45, 7) is 3.64. The zero-order valence-corrected chi connectivity index (χ0v) is 14.7. The second-order valence-corrected chi connectivity index (χ2v) is 7.76. The molecule has 0 radical (unpaired) electrons. The molecule has 130 valence electrons. The SMILES string of the molecule is CC(C)(O)C1CCC(NC(=O)c2cc3cc(Cl)ccc3[nH]2)C(N)C1. The van der Waals surface area contributed by atoms with Crippen LogP contribution in [0.3, 0.4) is 0 Å². The van der Waals surface area contributed by atoms with E-state index in [0.717, 1.165) is 23.7 Å². The van der Waals surface area contributed by atoms with Crippen LogP contribution >= 0.6 is 11.6 Å². The lowest BCUT2D eigenvalue weighted by Gasteiger charge is -2.39. The van der Waals surface area contributed by atoms with E-state index in [1.807, 2.05) is 26.0 Å². The lowest BCUT2D eigenvalue weighted by atomic mass is 9.75. The van der Waals surface area contributed by atoms with E-state index < -0.39 is 5.60 Å². The van der Waals surface area contributed by atoms with E-state index >= 15 is 0 Å². The highest BCUT2D eigenvalue weighted by Crippen LogP contribution is 2.32. The quantitative estimate of drug-likeness (QED) is 0.686. The molecule has 1 fully saturated rings. The first-order chi connectivity index (χ1) is 11.2. The summed E-state index contributed by atoms with van der Waals surface area (Å²) in [7, 11) is 0. The highest BCUT2D eigenvalue weighted by atomic mass is 35.5. The first-order valence-corrected chi connectivity index (χ1v) is 8.69. The van der Waals surface area contributed by atoms with E-state index in [9.17, 15) is 9.90 Å². The molecule has 3 rings (SSSR count). The predicted octanol–water partition coefficient (Wildman–Crippen LogP) is 2.82. The molecular weight excluding hydrogens is 326 g/mol. The molecule has 0 saturated heterocycles. The van der Waals surface area contributed by atoms with Gasteiger partial charge in [-0.15, -0.1) is 0 Å². The van der Waals surface area contributed by atoms with Gasteiger partial charge in [-0.3, -0.25) is 4.79 Å². The van der Waals surface area contributed by atoms with Crippen LogP contribution in [0.15, 0.2) is 24.3 Å². The van der Waals surface area contributed by atoms with Crippen molar-refractivity contribution in [2.24, 2.45) is 11.7 Å². The monoisotopic (exact) mass is 349 g/mol. The molecule has 1 aromatic heterocycles. The molecule has 1 aliphatic rings. The van der Waals surface area contributed by atoms with Gasteiger partial charge in [0, 0.05) is 28.0 Å². The van der Waals surface area contributed by atoms with Gasteiger partial charge in [-0.05, 0) is 63.3 Å². The second-order valence-electron chi connectivity index (χ2n) is 7.32. The van der Waals surface area contributed by atoms with Gasteiger partial charge < -0.3 is 21.1 Å². The Kier molecular flexibility index (Phi) is 4.60. The third-order valence-corrected chi connectivity index (χ3v) is 5.28. The van der Waals surface area contributed by atoms with E-state index in [1.54, 1.807) is 12.1 Å². The lowest BCUT2D eigenvalue weighted by Crippen LogP contribution is -2.53. The summed E-state index contributed by atoms with van der Waals surface area (Å²) in [4.78, 5) is 15.6. The van der Waals surface area contributed by atoms with Gasteiger partial charge in [-0.25, -0.2) is 0 Å². The molecule has 0 spiro atoms. The van der Waals surface area contributed by atoms with Crippen LogP contribution in [0.4, 0.5) is 0 Å². The Morgan fingerprint density at radius 1 is 1.38 bits per heavy atom. The first-order valence-electron chi connectivity index (χ1n) is 8.31. The fraction of sp³-hybridized carbons (Fsp3) is 0.500. The number of benzene rings is 1. The highest BCUT2D eigenvalue weighted by Gasteiger charge is 2.36. The highest BCUT2D eigenvalue weighted by molar-refractivity contribution is 6.31. The van der Waals surface area contributed by atoms with Crippen molar-refractivity contribution in [3.05, 3.63) is 35.0 Å². The standard InChI is InChI=1S/C18H24ClN3O2/c1-18(2,24)11-3-5-15(13(20)9-11)22-17(23)16-8-10-7-12(19)4-6-14(10)21-16/h4,6-8,11,13,15,21,24H,3,5,9,20H2,1-2H3,(H,22,23). The second kappa shape index (κ2) is 6.39. The van der Waals surface area contributed by atoms with Crippen LogP contribution in [0.5, 0.6) is 0 Å². The van der Waals surface area contributed by atoms with E-state index in [1.165, 1.54) is 0 Å². The number of amides is 1. The lowest BCUT2D eigenvalue weighted by molar-refractivity contribution is -0.00651. The zero-order valence-electron chi connectivity index (χ0n) is 14.0. The van der Waals surface area contributed by atoms with Gasteiger partial charge in [0.25, 0.3) is 5.91 Å². The number of nitrogens with two attached hydrogens (primary N) is 1. The van der Waals surface area contributed by atoms with Crippen molar-refractivity contribution in [3.8, 4) is 0 Å². The fourth-order valence-electron chi connectivity index (χ4n) is 3.50. The molecule has 1 heterocycles. The molecule has 6 heteroatoms. The number of fused-ring (bicyclic) bond motifs is 1. The zero-order chi connectivity index (χ0) is 17.5. The van der Waals surface area contributed by atoms with Crippen LogP contribution in [-0.2, 0) is 0 Å². The van der Waals surface area contributed by atoms with E-state index in [4.69, 9.17) is 17.3 Å². The molecule has 1 saturated carbocycles. The van der Waals surface area contributed by atoms with Crippen LogP contribution in [0.1, 0.15) is 43.6 Å². The van der Waals surface area contributed by atoms with Gasteiger partial charge in [-0.1, -0.05) is 11.6 Å². The van der Waals surface area contributed by atoms with Gasteiger partial charge in [0.2, 0.25) is 0 Å². The Morgan fingerprint density at radius 2 is 2.12 bits per heavy atom. The molecule has 3 atom stereocenters. The summed E-state index contributed by atoms with van der Waals surface area (Å²) in [5.74, 6) is 0.000325. The molecule has 2 aromatic rings. The van der Waals surface area contributed by atoms with E-state index in [2.05, 4.69) is 10.3 Å². The van der Waals surface area contributed by atoms with Crippen LogP contribution in [0.25, 0.3) is 10.9 Å². The van der Waals surface area contributed by atoms with Crippen molar-refractivity contribution in [1.82, 2.24) is 10.3 Å². The van der Waals surface area contributed by atoms with Gasteiger partial charge in [-0.2, -0.15) is 0 Å². The van der Waals surface area contributed by atoms with Gasteiger partial charge >= 0.3 is 0 Å². The molecular formula is C18H24ClN3O2. The minimum absolute atomic E-state index is 0.0777. The topological polar surface area (TPSA) is 91.1 Å². The molecule has 3 unspecified atom stereocenters. The number of nitrogens with one attached hydrogen (secondary N) is 2. The first kappa shape index (κ1) is 17.3. The predicted molar refractivity (Wildman–Crippen MR) is 96.2 cm³/mol. The Labute approximate surface area is 146 Å². The maximum Gasteiger partial charge on any atom is 0.268 e. The Morgan fingerprint density at radius 3 is 2.79 bits per heavy atom. The Bertz CT molecular complexity index is 750. The van der Waals surface area contributed by atoms with Gasteiger partial charge in [0.1, 0.15) is 5.69 Å². The number of H-pyrrole nitrogens is 1. The summed E-state index contributed by atoms with van der Waals surface area (Å²) in [6, 6.07) is 7.03. The molecule has 5 nitrogen and oxygen atoms in total. The number of hydrogen-bond donors (Lipinski definition) is 4. The molecule has 1 aromatic carbocycles. The molecule has 0 bridgehead atoms. The number of carbonyl (C=O) groups is 1.